The van der Waals surface area contributed by atoms with Crippen LogP contribution in [-0.2, 0) is 9.53 Å². The molecule has 42 heavy (non-hydrogen) atoms. The van der Waals surface area contributed by atoms with E-state index in [1.54, 1.807) is 25.1 Å². The fourth-order valence-electron chi connectivity index (χ4n) is 4.96. The average molecular weight is 579 g/mol. The van der Waals surface area contributed by atoms with E-state index in [2.05, 4.69) is 26.5 Å². The van der Waals surface area contributed by atoms with E-state index in [0.717, 1.165) is 44.8 Å². The Morgan fingerprint density at radius 3 is 2.60 bits per heavy atom. The maximum atomic E-state index is 15.0. The predicted octanol–water partition coefficient (Wildman–Crippen LogP) is 4.64. The van der Waals surface area contributed by atoms with E-state index in [-0.39, 0.29) is 23.0 Å². The molecule has 222 valence electrons. The fraction of sp³-hybridized carbons (Fsp3) is 0.400. The summed E-state index contributed by atoms with van der Waals surface area (Å²) in [6.07, 6.45) is 4.63. The lowest BCUT2D eigenvalue weighted by atomic mass is 9.78. The van der Waals surface area contributed by atoms with E-state index < -0.39 is 5.82 Å². The van der Waals surface area contributed by atoms with Crippen LogP contribution in [0.3, 0.4) is 0 Å². The number of likely N-dealkylation sites (tertiary alicyclic amines) is 1. The van der Waals surface area contributed by atoms with Crippen molar-refractivity contribution < 1.29 is 28.1 Å². The number of aromatic nitrogens is 4. The van der Waals surface area contributed by atoms with Crippen LogP contribution in [0.15, 0.2) is 43.0 Å². The summed E-state index contributed by atoms with van der Waals surface area (Å²) in [6.45, 7) is 10.5. The minimum atomic E-state index is -0.526. The molecule has 0 radical (unpaired) electrons. The van der Waals surface area contributed by atoms with Crippen LogP contribution in [-0.4, -0.2) is 70.8 Å². The lowest BCUT2D eigenvalue weighted by Gasteiger charge is -2.55. The zero-order valence-electron chi connectivity index (χ0n) is 24.0. The van der Waals surface area contributed by atoms with Gasteiger partial charge in [-0.1, -0.05) is 6.58 Å². The van der Waals surface area contributed by atoms with Gasteiger partial charge in [-0.25, -0.2) is 19.3 Å². The molecule has 0 aliphatic carbocycles. The SMILES string of the molecule is C=C(C)N.COc1cc2c(Oc3cnc4[nH]c(C)cc4c3F)ncnc2cc1OCCCCC(=O)N1CC2(COC2)C1. The molecular weight excluding hydrogens is 543 g/mol. The number of methoxy groups -OCH3 is 1. The Labute approximate surface area is 242 Å². The molecule has 0 bridgehead atoms. The summed E-state index contributed by atoms with van der Waals surface area (Å²) in [5.74, 6) is 0.779. The molecule has 1 aromatic carbocycles. The molecule has 2 saturated heterocycles. The summed E-state index contributed by atoms with van der Waals surface area (Å²) in [5, 5.41) is 0.881. The summed E-state index contributed by atoms with van der Waals surface area (Å²) in [7, 11) is 1.54. The van der Waals surface area contributed by atoms with Crippen LogP contribution >= 0.6 is 0 Å². The van der Waals surface area contributed by atoms with E-state index in [9.17, 15) is 4.79 Å². The molecule has 6 rings (SSSR count). The lowest BCUT2D eigenvalue weighted by molar-refractivity contribution is -0.195. The molecule has 0 atom stereocenters. The van der Waals surface area contributed by atoms with E-state index in [1.807, 2.05) is 11.8 Å². The molecule has 5 heterocycles. The standard InChI is InChI=1S/C27H28FN5O5.C3H7N/c1-16-7-18-24(28)22(10-29-25(18)32-16)38-26-17-8-20(35-2)21(9-19(17)30-15-31-26)37-6-4-3-5-23(34)33-11-27(12-33)13-36-14-27;1-3(2)4/h7-10,15H,3-6,11-14H2,1-2H3,(H,29,32);1,4H2,2H3. The number of unbranched alkanes of at least 4 members (excludes halogenated alkanes) is 1. The number of carbonyl (C=O) groups excluding carboxylic acids is 1. The Balaban J connectivity index is 0.000000830. The fourth-order valence-corrected chi connectivity index (χ4v) is 4.96. The topological polar surface area (TPSA) is 138 Å². The van der Waals surface area contributed by atoms with Crippen LogP contribution in [0.4, 0.5) is 4.39 Å². The molecule has 2 aliphatic rings. The van der Waals surface area contributed by atoms with E-state index in [1.165, 1.54) is 19.6 Å². The smallest absolute Gasteiger partial charge is 0.230 e. The number of rotatable bonds is 9. The first kappa shape index (κ1) is 29.1. The third-order valence-electron chi connectivity index (χ3n) is 7.05. The summed E-state index contributed by atoms with van der Waals surface area (Å²) in [4.78, 5) is 30.0. The monoisotopic (exact) mass is 578 g/mol. The highest BCUT2D eigenvalue weighted by Gasteiger charge is 2.50. The van der Waals surface area contributed by atoms with Gasteiger partial charge in [-0.3, -0.25) is 4.79 Å². The van der Waals surface area contributed by atoms with Gasteiger partial charge in [0.1, 0.15) is 12.0 Å². The van der Waals surface area contributed by atoms with Gasteiger partial charge in [0.2, 0.25) is 11.8 Å². The number of nitrogens with two attached hydrogens (primary N) is 1. The number of allylic oxidation sites excluding steroid dienone is 1. The minimum Gasteiger partial charge on any atom is -0.493 e. The second-order valence-corrected chi connectivity index (χ2v) is 10.8. The van der Waals surface area contributed by atoms with Gasteiger partial charge in [0.25, 0.3) is 0 Å². The maximum absolute atomic E-state index is 15.0. The van der Waals surface area contributed by atoms with Gasteiger partial charge in [-0.05, 0) is 44.5 Å². The van der Waals surface area contributed by atoms with Crippen LogP contribution < -0.4 is 19.9 Å². The average Bonchev–Trinajstić information content (AvgIpc) is 3.29. The number of fused-ring (bicyclic) bond motifs is 2. The molecule has 11 nitrogen and oxygen atoms in total. The molecule has 0 saturated carbocycles. The number of aryl methyl sites for hydroxylation is 1. The van der Waals surface area contributed by atoms with Crippen molar-refractivity contribution in [2.45, 2.75) is 33.1 Å². The molecular formula is C30H35FN6O5. The number of halogens is 1. The molecule has 1 spiro atoms. The van der Waals surface area contributed by atoms with Gasteiger partial charge >= 0.3 is 0 Å². The van der Waals surface area contributed by atoms with Crippen LogP contribution in [0.5, 0.6) is 23.1 Å². The Morgan fingerprint density at radius 1 is 1.14 bits per heavy atom. The Bertz CT molecular complexity index is 1610. The number of hydrogen-bond donors (Lipinski definition) is 2. The molecule has 3 N–H and O–H groups in total. The van der Waals surface area contributed by atoms with Crippen molar-refractivity contribution in [1.29, 1.82) is 0 Å². The largest absolute Gasteiger partial charge is 0.493 e. The van der Waals surface area contributed by atoms with Crippen molar-refractivity contribution >= 4 is 27.8 Å². The summed E-state index contributed by atoms with van der Waals surface area (Å²) >= 11 is 0. The quantitative estimate of drug-likeness (QED) is 0.272. The zero-order valence-corrected chi connectivity index (χ0v) is 24.0. The molecule has 1 amide bonds. The second kappa shape index (κ2) is 12.2. The summed E-state index contributed by atoms with van der Waals surface area (Å²) in [5.41, 5.74) is 7.62. The number of hydrogen-bond acceptors (Lipinski definition) is 9. The van der Waals surface area contributed by atoms with Crippen molar-refractivity contribution in [3.63, 3.8) is 0 Å². The first-order chi connectivity index (χ1) is 20.2. The number of amides is 1. The van der Waals surface area contributed by atoms with Gasteiger partial charge < -0.3 is 34.6 Å². The second-order valence-electron chi connectivity index (χ2n) is 10.8. The molecule has 0 unspecified atom stereocenters. The highest BCUT2D eigenvalue weighted by atomic mass is 19.1. The van der Waals surface area contributed by atoms with Crippen LogP contribution in [0.1, 0.15) is 31.9 Å². The third kappa shape index (κ3) is 6.23. The number of benzene rings is 1. The number of H-pyrrole nitrogens is 1. The zero-order chi connectivity index (χ0) is 29.9. The number of pyridine rings is 1. The first-order valence-electron chi connectivity index (χ1n) is 13.7. The summed E-state index contributed by atoms with van der Waals surface area (Å²) in [6, 6.07) is 5.12. The van der Waals surface area contributed by atoms with Crippen molar-refractivity contribution in [2.24, 2.45) is 11.1 Å². The number of aromatic amines is 1. The number of carbonyl (C=O) groups is 1. The lowest BCUT2D eigenvalue weighted by Crippen LogP contribution is -2.67. The Kier molecular flexibility index (Phi) is 8.44. The van der Waals surface area contributed by atoms with E-state index in [0.29, 0.717) is 52.2 Å². The Hall–Kier alpha value is -4.45. The van der Waals surface area contributed by atoms with Gasteiger partial charge in [0.15, 0.2) is 23.1 Å². The Morgan fingerprint density at radius 2 is 1.90 bits per heavy atom. The van der Waals surface area contributed by atoms with Gasteiger partial charge in [0, 0.05) is 31.3 Å². The molecule has 12 heteroatoms. The van der Waals surface area contributed by atoms with Crippen LogP contribution in [0.25, 0.3) is 21.9 Å². The van der Waals surface area contributed by atoms with E-state index >= 15 is 4.39 Å². The molecule has 3 aromatic heterocycles. The number of nitrogens with zero attached hydrogens (tertiary/aromatic N) is 4. The van der Waals surface area contributed by atoms with Crippen LogP contribution in [0, 0.1) is 18.2 Å². The third-order valence-corrected chi connectivity index (χ3v) is 7.05. The normalized spacial score (nSPS) is 15.0. The molecule has 4 aromatic rings. The highest BCUT2D eigenvalue weighted by Crippen LogP contribution is 2.39. The van der Waals surface area contributed by atoms with Crippen molar-refractivity contribution in [2.75, 3.05) is 40.0 Å². The van der Waals surface area contributed by atoms with E-state index in [4.69, 9.17) is 24.7 Å². The van der Waals surface area contributed by atoms with Gasteiger partial charge in [-0.15, -0.1) is 0 Å². The minimum absolute atomic E-state index is 0.0419. The molecule has 2 aliphatic heterocycles. The molecule has 2 fully saturated rings. The van der Waals surface area contributed by atoms with Crippen molar-refractivity contribution in [3.8, 4) is 23.1 Å². The summed E-state index contributed by atoms with van der Waals surface area (Å²) < 4.78 is 37.6. The predicted molar refractivity (Wildman–Crippen MR) is 155 cm³/mol. The van der Waals surface area contributed by atoms with Crippen LogP contribution in [0.2, 0.25) is 0 Å². The highest BCUT2D eigenvalue weighted by molar-refractivity contribution is 5.87. The maximum Gasteiger partial charge on any atom is 0.230 e. The van der Waals surface area contributed by atoms with Crippen molar-refractivity contribution in [1.82, 2.24) is 24.8 Å². The first-order valence-corrected chi connectivity index (χ1v) is 13.7. The van der Waals surface area contributed by atoms with Crippen molar-refractivity contribution in [3.05, 3.63) is 54.5 Å². The number of nitrogens with one attached hydrogen (secondary N) is 1. The number of ether oxygens (including phenoxy) is 4. The van der Waals surface area contributed by atoms with Gasteiger partial charge in [-0.2, -0.15) is 0 Å². The van der Waals surface area contributed by atoms with Gasteiger partial charge in [0.05, 0.1) is 54.8 Å².